The van der Waals surface area contributed by atoms with Crippen molar-refractivity contribution in [3.63, 3.8) is 0 Å². The molecule has 0 amide bonds. The summed E-state index contributed by atoms with van der Waals surface area (Å²) in [5.41, 5.74) is 0. The molecule has 0 atom stereocenters. The second-order valence-electron chi connectivity index (χ2n) is 2.94. The van der Waals surface area contributed by atoms with Crippen LogP contribution in [-0.4, -0.2) is 18.4 Å². The van der Waals surface area contributed by atoms with E-state index in [2.05, 4.69) is 15.9 Å². The molecular weight excluding hydrogens is 260 g/mol. The van der Waals surface area contributed by atoms with Crippen LogP contribution in [-0.2, 0) is 4.79 Å². The number of carbonyl (C=O) groups excluding carboxylic acids is 1. The molecule has 82 valence electrons. The van der Waals surface area contributed by atoms with Crippen LogP contribution in [0.15, 0.2) is 24.3 Å². The highest BCUT2D eigenvalue weighted by Crippen LogP contribution is 2.17. The lowest BCUT2D eigenvalue weighted by atomic mass is 10.3. The topological polar surface area (TPSA) is 35.5 Å². The van der Waals surface area contributed by atoms with Crippen molar-refractivity contribution < 1.29 is 14.3 Å². The van der Waals surface area contributed by atoms with E-state index in [0.717, 1.165) is 17.5 Å². The van der Waals surface area contributed by atoms with E-state index in [1.165, 1.54) is 0 Å². The van der Waals surface area contributed by atoms with Gasteiger partial charge in [0.15, 0.2) is 0 Å². The Labute approximate surface area is 97.5 Å². The summed E-state index contributed by atoms with van der Waals surface area (Å²) in [6, 6.07) is 6.94. The van der Waals surface area contributed by atoms with E-state index in [1.54, 1.807) is 31.4 Å². The van der Waals surface area contributed by atoms with Gasteiger partial charge in [0, 0.05) is 11.8 Å². The number of esters is 1. The van der Waals surface area contributed by atoms with E-state index < -0.39 is 0 Å². The Balaban J connectivity index is 2.46. The minimum Gasteiger partial charge on any atom is -0.497 e. The molecule has 0 aliphatic rings. The molecule has 4 heteroatoms. The molecule has 3 nitrogen and oxygen atoms in total. The maximum atomic E-state index is 11.3. The van der Waals surface area contributed by atoms with Crippen LogP contribution in [0.4, 0.5) is 0 Å². The number of ether oxygens (including phenoxy) is 2. The van der Waals surface area contributed by atoms with Gasteiger partial charge in [-0.3, -0.25) is 4.79 Å². The molecular formula is C11H13BrO3. The first-order valence-electron chi connectivity index (χ1n) is 4.67. The summed E-state index contributed by atoms with van der Waals surface area (Å²) in [4.78, 5) is 11.3. The fourth-order valence-electron chi connectivity index (χ4n) is 1.04. The second kappa shape index (κ2) is 6.45. The van der Waals surface area contributed by atoms with Crippen molar-refractivity contribution in [2.24, 2.45) is 0 Å². The summed E-state index contributed by atoms with van der Waals surface area (Å²) in [6.45, 7) is 0. The standard InChI is InChI=1S/C11H13BrO3/c1-14-9-4-6-10(7-5-9)15-11(13)3-2-8-12/h4-7H,2-3,8H2,1H3. The summed E-state index contributed by atoms with van der Waals surface area (Å²) in [6.07, 6.45) is 1.21. The van der Waals surface area contributed by atoms with Crippen molar-refractivity contribution >= 4 is 21.9 Å². The Bertz CT molecular complexity index is 308. The maximum Gasteiger partial charge on any atom is 0.311 e. The van der Waals surface area contributed by atoms with Crippen molar-refractivity contribution in [2.75, 3.05) is 12.4 Å². The molecule has 0 heterocycles. The Morgan fingerprint density at radius 1 is 1.27 bits per heavy atom. The number of halogens is 1. The maximum absolute atomic E-state index is 11.3. The number of hydrogen-bond acceptors (Lipinski definition) is 3. The van der Waals surface area contributed by atoms with Crippen molar-refractivity contribution in [3.8, 4) is 11.5 Å². The number of benzene rings is 1. The van der Waals surface area contributed by atoms with Gasteiger partial charge in [0.1, 0.15) is 11.5 Å². The van der Waals surface area contributed by atoms with Crippen LogP contribution >= 0.6 is 15.9 Å². The molecule has 1 aromatic carbocycles. The third-order valence-electron chi connectivity index (χ3n) is 1.81. The quantitative estimate of drug-likeness (QED) is 0.470. The van der Waals surface area contributed by atoms with E-state index >= 15 is 0 Å². The first-order valence-corrected chi connectivity index (χ1v) is 5.79. The van der Waals surface area contributed by atoms with Crippen LogP contribution in [0.1, 0.15) is 12.8 Å². The van der Waals surface area contributed by atoms with E-state index in [-0.39, 0.29) is 5.97 Å². The van der Waals surface area contributed by atoms with E-state index in [0.29, 0.717) is 12.2 Å². The highest BCUT2D eigenvalue weighted by molar-refractivity contribution is 9.09. The van der Waals surface area contributed by atoms with Crippen LogP contribution in [0.5, 0.6) is 11.5 Å². The number of methoxy groups -OCH3 is 1. The molecule has 0 aromatic heterocycles. The highest BCUT2D eigenvalue weighted by Gasteiger charge is 2.03. The van der Waals surface area contributed by atoms with Crippen LogP contribution in [0, 0.1) is 0 Å². The van der Waals surface area contributed by atoms with Gasteiger partial charge in [0.2, 0.25) is 0 Å². The number of hydrogen-bond donors (Lipinski definition) is 0. The Kier molecular flexibility index (Phi) is 5.18. The minimum atomic E-state index is -0.209. The normalized spacial score (nSPS) is 9.73. The first-order chi connectivity index (χ1) is 7.26. The van der Waals surface area contributed by atoms with Gasteiger partial charge in [-0.2, -0.15) is 0 Å². The fraction of sp³-hybridized carbons (Fsp3) is 0.364. The molecule has 1 rings (SSSR count). The smallest absolute Gasteiger partial charge is 0.311 e. The molecule has 0 radical (unpaired) electrons. The zero-order valence-electron chi connectivity index (χ0n) is 8.53. The summed E-state index contributed by atoms with van der Waals surface area (Å²) in [7, 11) is 1.59. The fourth-order valence-corrected chi connectivity index (χ4v) is 1.32. The summed E-state index contributed by atoms with van der Waals surface area (Å²) >= 11 is 3.26. The zero-order valence-corrected chi connectivity index (χ0v) is 10.1. The van der Waals surface area contributed by atoms with Crippen LogP contribution < -0.4 is 9.47 Å². The van der Waals surface area contributed by atoms with Crippen molar-refractivity contribution in [1.29, 1.82) is 0 Å². The second-order valence-corrected chi connectivity index (χ2v) is 3.74. The molecule has 0 N–H and O–H groups in total. The summed E-state index contributed by atoms with van der Waals surface area (Å²) in [5, 5.41) is 0.810. The highest BCUT2D eigenvalue weighted by atomic mass is 79.9. The van der Waals surface area contributed by atoms with Crippen LogP contribution in [0.2, 0.25) is 0 Å². The molecule has 0 aliphatic carbocycles. The Morgan fingerprint density at radius 2 is 1.87 bits per heavy atom. The largest absolute Gasteiger partial charge is 0.497 e. The average molecular weight is 273 g/mol. The van der Waals surface area contributed by atoms with E-state index in [1.807, 2.05) is 0 Å². The predicted octanol–water partition coefficient (Wildman–Crippen LogP) is 2.78. The lowest BCUT2D eigenvalue weighted by Crippen LogP contribution is -2.07. The molecule has 0 spiro atoms. The lowest BCUT2D eigenvalue weighted by Gasteiger charge is -2.04. The number of rotatable bonds is 5. The SMILES string of the molecule is COc1ccc(OC(=O)CCCBr)cc1. The van der Waals surface area contributed by atoms with Gasteiger partial charge < -0.3 is 9.47 Å². The van der Waals surface area contributed by atoms with E-state index in [9.17, 15) is 4.79 Å². The van der Waals surface area contributed by atoms with Gasteiger partial charge in [-0.15, -0.1) is 0 Å². The average Bonchev–Trinajstić information content (AvgIpc) is 2.27. The third kappa shape index (κ3) is 4.34. The molecule has 0 saturated heterocycles. The molecule has 1 aromatic rings. The van der Waals surface area contributed by atoms with Gasteiger partial charge in [-0.05, 0) is 30.7 Å². The van der Waals surface area contributed by atoms with Gasteiger partial charge in [0.25, 0.3) is 0 Å². The van der Waals surface area contributed by atoms with Gasteiger partial charge in [-0.1, -0.05) is 15.9 Å². The van der Waals surface area contributed by atoms with Crippen molar-refractivity contribution in [1.82, 2.24) is 0 Å². The Morgan fingerprint density at radius 3 is 2.40 bits per heavy atom. The van der Waals surface area contributed by atoms with Crippen molar-refractivity contribution in [2.45, 2.75) is 12.8 Å². The van der Waals surface area contributed by atoms with Crippen LogP contribution in [0.25, 0.3) is 0 Å². The lowest BCUT2D eigenvalue weighted by molar-refractivity contribution is -0.134. The predicted molar refractivity (Wildman–Crippen MR) is 61.7 cm³/mol. The Hall–Kier alpha value is -1.03. The molecule has 0 fully saturated rings. The molecule has 0 saturated carbocycles. The molecule has 15 heavy (non-hydrogen) atoms. The first kappa shape index (κ1) is 12.0. The number of alkyl halides is 1. The number of carbonyl (C=O) groups is 1. The zero-order chi connectivity index (χ0) is 11.1. The molecule has 0 aliphatic heterocycles. The van der Waals surface area contributed by atoms with Gasteiger partial charge in [0.05, 0.1) is 7.11 Å². The van der Waals surface area contributed by atoms with Crippen molar-refractivity contribution in [3.05, 3.63) is 24.3 Å². The summed E-state index contributed by atoms with van der Waals surface area (Å²) < 4.78 is 10.1. The van der Waals surface area contributed by atoms with Gasteiger partial charge >= 0.3 is 5.97 Å². The third-order valence-corrected chi connectivity index (χ3v) is 2.37. The monoisotopic (exact) mass is 272 g/mol. The van der Waals surface area contributed by atoms with Gasteiger partial charge in [-0.25, -0.2) is 0 Å². The molecule has 0 bridgehead atoms. The minimum absolute atomic E-state index is 0.209. The summed E-state index contributed by atoms with van der Waals surface area (Å²) in [5.74, 6) is 1.09. The molecule has 0 unspecified atom stereocenters. The van der Waals surface area contributed by atoms with E-state index in [4.69, 9.17) is 9.47 Å². The van der Waals surface area contributed by atoms with Crippen LogP contribution in [0.3, 0.4) is 0 Å².